The lowest BCUT2D eigenvalue weighted by Gasteiger charge is -2.23. The quantitative estimate of drug-likeness (QED) is 0.496. The maximum absolute atomic E-state index is 13.9. The van der Waals surface area contributed by atoms with Crippen LogP contribution in [0.3, 0.4) is 0 Å². The number of sulfone groups is 1. The maximum Gasteiger partial charge on any atom is 0.151 e. The topological polar surface area (TPSA) is 72.2 Å². The zero-order chi connectivity index (χ0) is 14.1. The molecular weight excluding hydrogens is 330 g/mol. The molecule has 4 nitrogen and oxygen atoms in total. The number of hydrazine groups is 1. The van der Waals surface area contributed by atoms with E-state index in [0.717, 1.165) is 12.3 Å². The van der Waals surface area contributed by atoms with Crippen LogP contribution in [-0.4, -0.2) is 19.9 Å². The van der Waals surface area contributed by atoms with Gasteiger partial charge >= 0.3 is 0 Å². The Balaban J connectivity index is 3.39. The molecule has 0 spiro atoms. The highest BCUT2D eigenvalue weighted by Gasteiger charge is 2.31. The van der Waals surface area contributed by atoms with E-state index < -0.39 is 38.3 Å². The molecule has 2 unspecified atom stereocenters. The van der Waals surface area contributed by atoms with Crippen LogP contribution in [-0.2, 0) is 9.84 Å². The molecule has 0 fully saturated rings. The highest BCUT2D eigenvalue weighted by Crippen LogP contribution is 2.30. The fourth-order valence-corrected chi connectivity index (χ4v) is 2.58. The van der Waals surface area contributed by atoms with Crippen molar-refractivity contribution in [2.45, 2.75) is 18.2 Å². The van der Waals surface area contributed by atoms with Crippen LogP contribution in [0.25, 0.3) is 0 Å². The fraction of sp³-hybridized carbons (Fsp3) is 0.400. The van der Waals surface area contributed by atoms with Gasteiger partial charge in [0, 0.05) is 11.8 Å². The Bertz CT molecular complexity index is 551. The third kappa shape index (κ3) is 3.05. The number of hydrogen-bond donors (Lipinski definition) is 2. The van der Waals surface area contributed by atoms with E-state index in [1.54, 1.807) is 0 Å². The summed E-state index contributed by atoms with van der Waals surface area (Å²) in [7, 11) is -3.50. The van der Waals surface area contributed by atoms with Gasteiger partial charge in [0.05, 0.1) is 15.8 Å². The Hall–Kier alpha value is -0.570. The standard InChI is InChI=1S/C10H13BrF2N2O2S/c1-5(18(2,16)17)10(15-14)8-7(12)4-3-6(11)9(8)13/h3-5,10,15H,14H2,1-2H3. The second-order valence-electron chi connectivity index (χ2n) is 3.94. The zero-order valence-corrected chi connectivity index (χ0v) is 12.1. The van der Waals surface area contributed by atoms with Gasteiger partial charge < -0.3 is 0 Å². The second kappa shape index (κ2) is 5.60. The van der Waals surface area contributed by atoms with E-state index in [-0.39, 0.29) is 4.47 Å². The molecule has 102 valence electrons. The Morgan fingerprint density at radius 1 is 1.39 bits per heavy atom. The largest absolute Gasteiger partial charge is 0.271 e. The minimum atomic E-state index is -3.50. The lowest BCUT2D eigenvalue weighted by atomic mass is 10.0. The van der Waals surface area contributed by atoms with Crippen molar-refractivity contribution in [1.29, 1.82) is 0 Å². The van der Waals surface area contributed by atoms with Crippen LogP contribution >= 0.6 is 15.9 Å². The van der Waals surface area contributed by atoms with Crippen LogP contribution in [0.5, 0.6) is 0 Å². The predicted octanol–water partition coefficient (Wildman–Crippen LogP) is 1.66. The number of nitrogens with one attached hydrogen (secondary N) is 1. The van der Waals surface area contributed by atoms with Crippen molar-refractivity contribution in [1.82, 2.24) is 5.43 Å². The molecule has 0 aliphatic carbocycles. The summed E-state index contributed by atoms with van der Waals surface area (Å²) in [4.78, 5) is 0. The summed E-state index contributed by atoms with van der Waals surface area (Å²) in [6.45, 7) is 1.33. The van der Waals surface area contributed by atoms with Gasteiger partial charge in [-0.15, -0.1) is 0 Å². The molecule has 0 aliphatic rings. The van der Waals surface area contributed by atoms with Gasteiger partial charge in [-0.3, -0.25) is 11.3 Å². The third-order valence-corrected chi connectivity index (χ3v) is 4.95. The SMILES string of the molecule is CC(C(NN)c1c(F)ccc(Br)c1F)S(C)(=O)=O. The molecule has 3 N–H and O–H groups in total. The molecule has 0 saturated carbocycles. The Kier molecular flexibility index (Phi) is 4.82. The van der Waals surface area contributed by atoms with Crippen molar-refractivity contribution in [3.8, 4) is 0 Å². The van der Waals surface area contributed by atoms with Crippen molar-refractivity contribution >= 4 is 25.8 Å². The lowest BCUT2D eigenvalue weighted by Crippen LogP contribution is -2.40. The average Bonchev–Trinajstić information content (AvgIpc) is 2.27. The normalized spacial score (nSPS) is 15.4. The fourth-order valence-electron chi connectivity index (χ4n) is 1.53. The van der Waals surface area contributed by atoms with E-state index in [4.69, 9.17) is 5.84 Å². The molecule has 2 atom stereocenters. The monoisotopic (exact) mass is 342 g/mol. The highest BCUT2D eigenvalue weighted by molar-refractivity contribution is 9.10. The lowest BCUT2D eigenvalue weighted by molar-refractivity contribution is 0.458. The summed E-state index contributed by atoms with van der Waals surface area (Å²) in [5.74, 6) is 3.51. The zero-order valence-electron chi connectivity index (χ0n) is 9.75. The van der Waals surface area contributed by atoms with Gasteiger partial charge in [0.2, 0.25) is 0 Å². The number of hydrogen-bond acceptors (Lipinski definition) is 4. The summed E-state index contributed by atoms with van der Waals surface area (Å²) in [5.41, 5.74) is 1.76. The number of benzene rings is 1. The number of rotatable bonds is 4. The van der Waals surface area contributed by atoms with Gasteiger partial charge in [-0.2, -0.15) is 0 Å². The first-order valence-electron chi connectivity index (χ1n) is 4.98. The molecule has 0 radical (unpaired) electrons. The van der Waals surface area contributed by atoms with Crippen LogP contribution < -0.4 is 11.3 Å². The van der Waals surface area contributed by atoms with Gasteiger partial charge in [-0.05, 0) is 35.0 Å². The van der Waals surface area contributed by atoms with Crippen LogP contribution in [0.1, 0.15) is 18.5 Å². The third-order valence-electron chi connectivity index (χ3n) is 2.71. The molecule has 0 aromatic heterocycles. The predicted molar refractivity (Wildman–Crippen MR) is 68.4 cm³/mol. The molecule has 8 heteroatoms. The first-order valence-corrected chi connectivity index (χ1v) is 7.73. The molecule has 18 heavy (non-hydrogen) atoms. The molecule has 0 saturated heterocycles. The Labute approximate surface area is 113 Å². The van der Waals surface area contributed by atoms with Gasteiger partial charge in [0.25, 0.3) is 0 Å². The van der Waals surface area contributed by atoms with Crippen molar-refractivity contribution in [3.63, 3.8) is 0 Å². The molecule has 1 aromatic rings. The molecule has 0 heterocycles. The van der Waals surface area contributed by atoms with E-state index in [1.807, 2.05) is 0 Å². The van der Waals surface area contributed by atoms with Crippen LogP contribution in [0.4, 0.5) is 8.78 Å². The summed E-state index contributed by atoms with van der Waals surface area (Å²) in [6.07, 6.45) is 0.982. The molecule has 0 amide bonds. The van der Waals surface area contributed by atoms with E-state index >= 15 is 0 Å². The molecule has 0 bridgehead atoms. The number of halogens is 3. The van der Waals surface area contributed by atoms with Crippen molar-refractivity contribution in [2.75, 3.05) is 6.26 Å². The number of nitrogens with two attached hydrogens (primary N) is 1. The molecular formula is C10H13BrF2N2O2S. The van der Waals surface area contributed by atoms with Crippen LogP contribution in [0, 0.1) is 11.6 Å². The molecule has 0 aliphatic heterocycles. The van der Waals surface area contributed by atoms with E-state index in [9.17, 15) is 17.2 Å². The van der Waals surface area contributed by atoms with E-state index in [1.165, 1.54) is 13.0 Å². The Morgan fingerprint density at radius 3 is 2.39 bits per heavy atom. The average molecular weight is 343 g/mol. The minimum Gasteiger partial charge on any atom is -0.271 e. The van der Waals surface area contributed by atoms with Crippen molar-refractivity contribution in [2.24, 2.45) is 5.84 Å². The second-order valence-corrected chi connectivity index (χ2v) is 7.19. The molecule has 1 aromatic carbocycles. The van der Waals surface area contributed by atoms with Gasteiger partial charge in [-0.1, -0.05) is 0 Å². The summed E-state index contributed by atoms with van der Waals surface area (Å²) < 4.78 is 50.5. The van der Waals surface area contributed by atoms with Gasteiger partial charge in [0.15, 0.2) is 9.84 Å². The summed E-state index contributed by atoms with van der Waals surface area (Å²) in [6, 6.07) is 1.08. The van der Waals surface area contributed by atoms with Crippen LogP contribution in [0.15, 0.2) is 16.6 Å². The molecule has 1 rings (SSSR count). The Morgan fingerprint density at radius 2 is 1.94 bits per heavy atom. The van der Waals surface area contributed by atoms with Crippen molar-refractivity contribution < 1.29 is 17.2 Å². The minimum absolute atomic E-state index is 0.0415. The maximum atomic E-state index is 13.9. The van der Waals surface area contributed by atoms with Gasteiger partial charge in [0.1, 0.15) is 11.6 Å². The first kappa shape index (κ1) is 15.5. The van der Waals surface area contributed by atoms with Crippen LogP contribution in [0.2, 0.25) is 0 Å². The highest BCUT2D eigenvalue weighted by atomic mass is 79.9. The summed E-state index contributed by atoms with van der Waals surface area (Å²) >= 11 is 2.92. The van der Waals surface area contributed by atoms with E-state index in [0.29, 0.717) is 0 Å². The smallest absolute Gasteiger partial charge is 0.151 e. The van der Waals surface area contributed by atoms with E-state index in [2.05, 4.69) is 21.4 Å². The van der Waals surface area contributed by atoms with Crippen molar-refractivity contribution in [3.05, 3.63) is 33.8 Å². The first-order chi connectivity index (χ1) is 8.20. The summed E-state index contributed by atoms with van der Waals surface area (Å²) in [5, 5.41) is -1.07. The van der Waals surface area contributed by atoms with Gasteiger partial charge in [-0.25, -0.2) is 17.2 Å².